The summed E-state index contributed by atoms with van der Waals surface area (Å²) in [7, 11) is 0. The molecule has 0 radical (unpaired) electrons. The van der Waals surface area contributed by atoms with E-state index in [4.69, 9.17) is 4.42 Å². The molecule has 4 nitrogen and oxygen atoms in total. The first kappa shape index (κ1) is 10.6. The molecule has 0 amide bonds. The molecule has 0 saturated carbocycles. The van der Waals surface area contributed by atoms with Crippen LogP contribution < -0.4 is 5.32 Å². The number of nitrogens with zero attached hydrogens (tertiary/aromatic N) is 2. The molecule has 0 bridgehead atoms. The molecule has 0 atom stereocenters. The van der Waals surface area contributed by atoms with Gasteiger partial charge in [-0.25, -0.2) is 0 Å². The average molecular weight is 292 g/mol. The van der Waals surface area contributed by atoms with Gasteiger partial charge >= 0.3 is 105 Å². The van der Waals surface area contributed by atoms with E-state index in [1.165, 1.54) is 0 Å². The Labute approximate surface area is 105 Å². The molecule has 5 heteroatoms. The number of anilines is 1. The quantitative estimate of drug-likeness (QED) is 0.750. The molecule has 1 aliphatic rings. The number of benzene rings is 1. The van der Waals surface area contributed by atoms with Gasteiger partial charge in [-0.15, -0.1) is 0 Å². The number of rotatable bonds is 3. The van der Waals surface area contributed by atoms with Crippen molar-refractivity contribution in [3.8, 4) is 0 Å². The third-order valence-electron chi connectivity index (χ3n) is 2.69. The van der Waals surface area contributed by atoms with Crippen molar-refractivity contribution in [2.75, 3.05) is 5.32 Å². The van der Waals surface area contributed by atoms with Crippen LogP contribution >= 0.6 is 0 Å². The van der Waals surface area contributed by atoms with Crippen molar-refractivity contribution in [1.29, 1.82) is 0 Å². The van der Waals surface area contributed by atoms with Gasteiger partial charge in [0.1, 0.15) is 0 Å². The van der Waals surface area contributed by atoms with Crippen LogP contribution in [-0.4, -0.2) is 14.6 Å². The number of aryl methyl sites for hydroxylation is 1. The second kappa shape index (κ2) is 4.35. The number of nitrogens with one attached hydrogen (secondary N) is 1. The molecule has 2 heterocycles. The molecule has 1 aromatic carbocycles. The first-order valence-electron chi connectivity index (χ1n) is 5.33. The monoisotopic (exact) mass is 293 g/mol. The van der Waals surface area contributed by atoms with Gasteiger partial charge in [0.15, 0.2) is 0 Å². The molecular formula is C12H11N3OSe. The molecule has 3 rings (SSSR count). The van der Waals surface area contributed by atoms with E-state index in [1.54, 1.807) is 6.26 Å². The van der Waals surface area contributed by atoms with Gasteiger partial charge in [0.2, 0.25) is 0 Å². The van der Waals surface area contributed by atoms with Crippen molar-refractivity contribution >= 4 is 31.6 Å². The minimum atomic E-state index is 0.0146. The molecule has 1 aliphatic heterocycles. The van der Waals surface area contributed by atoms with Crippen LogP contribution in [0.4, 0.5) is 17.1 Å². The van der Waals surface area contributed by atoms with E-state index in [1.807, 2.05) is 31.2 Å². The van der Waals surface area contributed by atoms with E-state index in [2.05, 4.69) is 13.2 Å². The molecule has 0 saturated heterocycles. The van der Waals surface area contributed by atoms with Gasteiger partial charge in [-0.1, -0.05) is 0 Å². The van der Waals surface area contributed by atoms with Crippen LogP contribution in [0.3, 0.4) is 0 Å². The summed E-state index contributed by atoms with van der Waals surface area (Å²) in [6.07, 6.45) is 1.71. The summed E-state index contributed by atoms with van der Waals surface area (Å²) in [6, 6.07) is 7.99. The maximum absolute atomic E-state index is 5.39. The van der Waals surface area contributed by atoms with Gasteiger partial charge in [-0.05, 0) is 0 Å². The molecule has 1 aromatic heterocycles. The SMILES string of the molecule is Cc1ccoc1CNc1cccc2c1N=[Se]=N2. The van der Waals surface area contributed by atoms with Crippen LogP contribution in [-0.2, 0) is 6.54 Å². The standard InChI is InChI=1S/C12H11N3OSe/c1-8-5-6-16-11(8)7-13-9-3-2-4-10-12(9)15-17-14-10/h2-6,13H,7H2,1H3. The maximum atomic E-state index is 5.39. The first-order valence-corrected chi connectivity index (χ1v) is 6.86. The van der Waals surface area contributed by atoms with Crippen molar-refractivity contribution in [3.63, 3.8) is 0 Å². The summed E-state index contributed by atoms with van der Waals surface area (Å²) in [4.78, 5) is 0. The predicted molar refractivity (Wildman–Crippen MR) is 67.1 cm³/mol. The fraction of sp³-hybridized carbons (Fsp3) is 0.167. The van der Waals surface area contributed by atoms with Gasteiger partial charge in [0.25, 0.3) is 0 Å². The predicted octanol–water partition coefficient (Wildman–Crippen LogP) is 3.55. The molecule has 0 aliphatic carbocycles. The van der Waals surface area contributed by atoms with Crippen LogP contribution in [0.2, 0.25) is 0 Å². The Bertz CT molecular complexity index is 626. The van der Waals surface area contributed by atoms with Crippen molar-refractivity contribution < 1.29 is 4.42 Å². The van der Waals surface area contributed by atoms with Crippen molar-refractivity contribution in [2.45, 2.75) is 13.5 Å². The van der Waals surface area contributed by atoms with Crippen LogP contribution in [0.25, 0.3) is 0 Å². The molecule has 0 spiro atoms. The molecular weight excluding hydrogens is 281 g/mol. The fourth-order valence-electron chi connectivity index (χ4n) is 1.71. The number of hydrogen-bond acceptors (Lipinski definition) is 4. The number of furan rings is 1. The van der Waals surface area contributed by atoms with Gasteiger partial charge in [-0.2, -0.15) is 0 Å². The second-order valence-electron chi connectivity index (χ2n) is 3.82. The van der Waals surface area contributed by atoms with E-state index in [-0.39, 0.29) is 14.6 Å². The zero-order valence-corrected chi connectivity index (χ0v) is 11.0. The van der Waals surface area contributed by atoms with Crippen LogP contribution in [0.1, 0.15) is 11.3 Å². The Morgan fingerprint density at radius 2 is 2.24 bits per heavy atom. The van der Waals surface area contributed by atoms with Crippen molar-refractivity contribution in [1.82, 2.24) is 0 Å². The molecule has 86 valence electrons. The molecule has 1 N–H and O–H groups in total. The van der Waals surface area contributed by atoms with Crippen LogP contribution in [0, 0.1) is 6.92 Å². The van der Waals surface area contributed by atoms with E-state index in [0.29, 0.717) is 6.54 Å². The zero-order valence-electron chi connectivity index (χ0n) is 9.30. The van der Waals surface area contributed by atoms with E-state index >= 15 is 0 Å². The Morgan fingerprint density at radius 3 is 3.06 bits per heavy atom. The van der Waals surface area contributed by atoms with E-state index < -0.39 is 0 Å². The van der Waals surface area contributed by atoms with Crippen molar-refractivity contribution in [3.05, 3.63) is 41.9 Å². The van der Waals surface area contributed by atoms with Crippen LogP contribution in [0.15, 0.2) is 42.9 Å². The Balaban J connectivity index is 1.81. The Kier molecular flexibility index (Phi) is 2.71. The summed E-state index contributed by atoms with van der Waals surface area (Å²) in [6.45, 7) is 2.72. The normalized spacial score (nSPS) is 12.3. The summed E-state index contributed by atoms with van der Waals surface area (Å²) >= 11 is 0.0146. The summed E-state index contributed by atoms with van der Waals surface area (Å²) in [5, 5.41) is 3.35. The molecule has 0 fully saturated rings. The average Bonchev–Trinajstić information content (AvgIpc) is 2.95. The fourth-order valence-corrected chi connectivity index (χ4v) is 2.86. The third kappa shape index (κ3) is 1.99. The zero-order chi connectivity index (χ0) is 11.7. The van der Waals surface area contributed by atoms with Crippen molar-refractivity contribution in [2.24, 2.45) is 7.92 Å². The molecule has 17 heavy (non-hydrogen) atoms. The topological polar surface area (TPSA) is 49.9 Å². The Morgan fingerprint density at radius 1 is 1.29 bits per heavy atom. The van der Waals surface area contributed by atoms with Gasteiger partial charge in [-0.3, -0.25) is 0 Å². The number of fused-ring (bicyclic) bond motifs is 1. The summed E-state index contributed by atoms with van der Waals surface area (Å²) in [5.41, 5.74) is 4.17. The van der Waals surface area contributed by atoms with E-state index in [9.17, 15) is 0 Å². The number of hydrogen-bond donors (Lipinski definition) is 1. The second-order valence-corrected chi connectivity index (χ2v) is 4.93. The molecule has 0 unspecified atom stereocenters. The first-order chi connectivity index (χ1) is 8.34. The Hall–Kier alpha value is -1.58. The summed E-state index contributed by atoms with van der Waals surface area (Å²) < 4.78 is 14.2. The third-order valence-corrected chi connectivity index (χ3v) is 3.83. The minimum absolute atomic E-state index is 0.0146. The van der Waals surface area contributed by atoms with E-state index in [0.717, 1.165) is 28.4 Å². The molecule has 2 aromatic rings. The van der Waals surface area contributed by atoms with Gasteiger partial charge in [0, 0.05) is 0 Å². The summed E-state index contributed by atoms with van der Waals surface area (Å²) in [5.74, 6) is 0.961. The van der Waals surface area contributed by atoms with Gasteiger partial charge in [0.05, 0.1) is 0 Å². The van der Waals surface area contributed by atoms with Crippen LogP contribution in [0.5, 0.6) is 0 Å². The van der Waals surface area contributed by atoms with Gasteiger partial charge < -0.3 is 0 Å².